The number of carbonyl (C=O) groups is 4. The molecule has 278 valence electrons. The number of ether oxygens (including phenoxy) is 2. The van der Waals surface area contributed by atoms with Crippen molar-refractivity contribution in [2.45, 2.75) is 58.5 Å². The van der Waals surface area contributed by atoms with Crippen LogP contribution >= 0.6 is 0 Å². The molecule has 4 aromatic rings. The van der Waals surface area contributed by atoms with Crippen LogP contribution in [-0.4, -0.2) is 121 Å². The first-order chi connectivity index (χ1) is 24.6. The largest absolute Gasteiger partial charge is 0.379 e. The van der Waals surface area contributed by atoms with Gasteiger partial charge >= 0.3 is 0 Å². The highest BCUT2D eigenvalue weighted by molar-refractivity contribution is 5.95. The summed E-state index contributed by atoms with van der Waals surface area (Å²) >= 11 is 0. The Morgan fingerprint density at radius 1 is 0.962 bits per heavy atom. The summed E-state index contributed by atoms with van der Waals surface area (Å²) in [5.74, 6) is -1.76. The maximum absolute atomic E-state index is 14.0. The van der Waals surface area contributed by atoms with E-state index in [2.05, 4.69) is 36.4 Å². The van der Waals surface area contributed by atoms with Gasteiger partial charge in [-0.2, -0.15) is 5.10 Å². The number of hydrogen-bond acceptors (Lipinski definition) is 10. The third-order valence-corrected chi connectivity index (χ3v) is 8.52. The van der Waals surface area contributed by atoms with Crippen molar-refractivity contribution in [1.29, 1.82) is 0 Å². The fourth-order valence-corrected chi connectivity index (χ4v) is 5.83. The number of benzene rings is 1. The lowest BCUT2D eigenvalue weighted by Crippen LogP contribution is -2.62. The van der Waals surface area contributed by atoms with Gasteiger partial charge in [-0.3, -0.25) is 19.2 Å². The number of primary amides is 1. The van der Waals surface area contributed by atoms with Gasteiger partial charge in [0.05, 0.1) is 50.1 Å². The second-order valence-corrected chi connectivity index (χ2v) is 14.2. The molecule has 17 heteroatoms. The van der Waals surface area contributed by atoms with Gasteiger partial charge in [0.2, 0.25) is 11.8 Å². The second-order valence-electron chi connectivity index (χ2n) is 14.2. The van der Waals surface area contributed by atoms with Crippen LogP contribution in [-0.2, 0) is 31.0 Å². The summed E-state index contributed by atoms with van der Waals surface area (Å²) in [7, 11) is 0. The topological polar surface area (TPSA) is 192 Å². The Labute approximate surface area is 300 Å². The molecule has 0 spiro atoms. The van der Waals surface area contributed by atoms with E-state index in [1.165, 1.54) is 23.0 Å². The highest BCUT2D eigenvalue weighted by Crippen LogP contribution is 2.31. The predicted molar refractivity (Wildman–Crippen MR) is 187 cm³/mol. The number of amides is 4. The molecule has 1 fully saturated rings. The third kappa shape index (κ3) is 9.33. The van der Waals surface area contributed by atoms with Gasteiger partial charge in [0, 0.05) is 43.7 Å². The Kier molecular flexibility index (Phi) is 11.6. The highest BCUT2D eigenvalue weighted by atomic mass is 19.1. The lowest BCUT2D eigenvalue weighted by Gasteiger charge is -2.46. The number of piperazine rings is 1. The highest BCUT2D eigenvalue weighted by Gasteiger charge is 2.40. The van der Waals surface area contributed by atoms with E-state index in [0.717, 1.165) is 11.1 Å². The summed E-state index contributed by atoms with van der Waals surface area (Å²) in [6.45, 7) is 11.9. The average Bonchev–Trinajstić information content (AvgIpc) is 3.73. The lowest BCUT2D eigenvalue weighted by atomic mass is 9.87. The van der Waals surface area contributed by atoms with Crippen LogP contribution in [0.2, 0.25) is 0 Å². The van der Waals surface area contributed by atoms with Crippen LogP contribution in [0.3, 0.4) is 0 Å². The van der Waals surface area contributed by atoms with Crippen molar-refractivity contribution in [1.82, 2.24) is 44.7 Å². The van der Waals surface area contributed by atoms with Crippen LogP contribution in [0, 0.1) is 5.82 Å². The van der Waals surface area contributed by atoms with E-state index in [-0.39, 0.29) is 92.7 Å². The van der Waals surface area contributed by atoms with E-state index in [9.17, 15) is 23.6 Å². The maximum atomic E-state index is 14.0. The van der Waals surface area contributed by atoms with E-state index in [4.69, 9.17) is 25.3 Å². The zero-order valence-electron chi connectivity index (χ0n) is 30.1. The minimum absolute atomic E-state index is 0.0844. The van der Waals surface area contributed by atoms with Crippen LogP contribution in [0.1, 0.15) is 67.6 Å². The first-order valence-corrected chi connectivity index (χ1v) is 17.0. The van der Waals surface area contributed by atoms with Gasteiger partial charge in [0.1, 0.15) is 18.1 Å². The van der Waals surface area contributed by atoms with E-state index in [0.29, 0.717) is 24.6 Å². The van der Waals surface area contributed by atoms with E-state index < -0.39 is 11.4 Å². The molecule has 4 heterocycles. The normalized spacial score (nSPS) is 14.5. The Hall–Kier alpha value is -5.29. The molecule has 1 aliphatic heterocycles. The maximum Gasteiger partial charge on any atom is 0.276 e. The summed E-state index contributed by atoms with van der Waals surface area (Å²) in [5.41, 5.74) is 7.07. The number of nitrogens with one attached hydrogen (secondary N) is 1. The van der Waals surface area contributed by atoms with Crippen LogP contribution in [0.15, 0.2) is 42.7 Å². The fraction of sp³-hybridized carbons (Fsp3) is 0.486. The summed E-state index contributed by atoms with van der Waals surface area (Å²) in [6, 6.07) is 8.02. The summed E-state index contributed by atoms with van der Waals surface area (Å²) in [6.07, 6.45) is 3.18. The Morgan fingerprint density at radius 2 is 1.67 bits per heavy atom. The third-order valence-electron chi connectivity index (χ3n) is 8.52. The standard InChI is InChI=1S/C35H45FN10O6/c1-34(2,3)25-18-26(23-6-8-24(36)9-7-23)41-46-20-27(39-31(25)46)33(50)45-13-12-43(22-35(45,4)5)32(49)28-19-44(42-40-28)21-30(48)38-11-15-52-17-16-51-14-10-29(37)47/h6-9,18-20H,10-17,21-22H2,1-5H3,(H2,37,47)(H,38,48). The molecule has 0 unspecified atom stereocenters. The molecule has 5 rings (SSSR count). The van der Waals surface area contributed by atoms with Gasteiger partial charge < -0.3 is 30.3 Å². The Balaban J connectivity index is 1.17. The molecule has 4 amide bonds. The van der Waals surface area contributed by atoms with E-state index in [1.54, 1.807) is 32.6 Å². The smallest absolute Gasteiger partial charge is 0.276 e. The molecule has 3 aromatic heterocycles. The first kappa shape index (κ1) is 38.0. The number of imidazole rings is 1. The molecular weight excluding hydrogens is 675 g/mol. The fourth-order valence-electron chi connectivity index (χ4n) is 5.83. The van der Waals surface area contributed by atoms with Gasteiger partial charge in [0.25, 0.3) is 11.8 Å². The average molecular weight is 721 g/mol. The molecule has 3 N–H and O–H groups in total. The second kappa shape index (κ2) is 15.9. The minimum atomic E-state index is -0.756. The van der Waals surface area contributed by atoms with Crippen molar-refractivity contribution >= 4 is 29.3 Å². The summed E-state index contributed by atoms with van der Waals surface area (Å²) < 4.78 is 27.1. The van der Waals surface area contributed by atoms with Crippen LogP contribution in [0.4, 0.5) is 4.39 Å². The molecule has 0 radical (unpaired) electrons. The van der Waals surface area contributed by atoms with Crippen LogP contribution in [0.25, 0.3) is 16.9 Å². The van der Waals surface area contributed by atoms with Gasteiger partial charge in [-0.15, -0.1) is 5.10 Å². The molecule has 1 aliphatic rings. The van der Waals surface area contributed by atoms with Crippen molar-refractivity contribution in [3.63, 3.8) is 0 Å². The van der Waals surface area contributed by atoms with Crippen molar-refractivity contribution in [2.75, 3.05) is 52.6 Å². The van der Waals surface area contributed by atoms with E-state index in [1.807, 2.05) is 19.9 Å². The van der Waals surface area contributed by atoms with Gasteiger partial charge in [0.15, 0.2) is 11.3 Å². The molecule has 0 aliphatic carbocycles. The number of fused-ring (bicyclic) bond motifs is 1. The number of hydrogen-bond donors (Lipinski definition) is 2. The van der Waals surface area contributed by atoms with Crippen molar-refractivity contribution in [2.24, 2.45) is 5.73 Å². The van der Waals surface area contributed by atoms with Gasteiger partial charge in [-0.1, -0.05) is 26.0 Å². The van der Waals surface area contributed by atoms with Crippen LogP contribution in [0.5, 0.6) is 0 Å². The predicted octanol–water partition coefficient (Wildman–Crippen LogP) is 1.83. The number of halogens is 1. The lowest BCUT2D eigenvalue weighted by molar-refractivity contribution is -0.122. The SMILES string of the molecule is CC(C)(C)c1cc(-c2ccc(F)cc2)nn2cc(C(=O)N3CCN(C(=O)c4cn(CC(=O)NCCOCCOCCC(N)=O)nn4)CC3(C)C)nc12. The monoisotopic (exact) mass is 720 g/mol. The van der Waals surface area contributed by atoms with Crippen molar-refractivity contribution < 1.29 is 33.0 Å². The first-order valence-electron chi connectivity index (χ1n) is 17.0. The number of nitrogens with two attached hydrogens (primary N) is 1. The zero-order chi connectivity index (χ0) is 37.6. The van der Waals surface area contributed by atoms with Crippen molar-refractivity contribution in [3.8, 4) is 11.3 Å². The number of nitrogens with zero attached hydrogens (tertiary/aromatic N) is 8. The molecular formula is C35H45FN10O6. The molecule has 1 saturated heterocycles. The number of aromatic nitrogens is 6. The summed E-state index contributed by atoms with van der Waals surface area (Å²) in [5, 5.41) is 15.4. The minimum Gasteiger partial charge on any atom is -0.379 e. The molecule has 0 saturated carbocycles. The number of rotatable bonds is 14. The number of carbonyl (C=O) groups excluding carboxylic acids is 4. The molecule has 16 nitrogen and oxygen atoms in total. The quantitative estimate of drug-likeness (QED) is 0.182. The zero-order valence-corrected chi connectivity index (χ0v) is 30.1. The summed E-state index contributed by atoms with van der Waals surface area (Å²) in [4.78, 5) is 58.5. The van der Waals surface area contributed by atoms with Gasteiger partial charge in [-0.05, 0) is 49.6 Å². The van der Waals surface area contributed by atoms with E-state index >= 15 is 0 Å². The van der Waals surface area contributed by atoms with Crippen molar-refractivity contribution in [3.05, 3.63) is 65.5 Å². The molecule has 52 heavy (non-hydrogen) atoms. The molecule has 0 atom stereocenters. The molecule has 1 aromatic carbocycles. The Morgan fingerprint density at radius 3 is 2.35 bits per heavy atom. The Bertz CT molecular complexity index is 1920. The van der Waals surface area contributed by atoms with Crippen LogP contribution < -0.4 is 11.1 Å². The molecule has 0 bridgehead atoms. The van der Waals surface area contributed by atoms with Gasteiger partial charge in [-0.25, -0.2) is 18.6 Å².